The number of nitrogens with zero attached hydrogens (tertiary/aromatic N) is 1. The van der Waals surface area contributed by atoms with Crippen molar-refractivity contribution in [3.63, 3.8) is 0 Å². The number of hydrogen-bond donors (Lipinski definition) is 2. The predicted molar refractivity (Wildman–Crippen MR) is 147 cm³/mol. The molecule has 0 aliphatic heterocycles. The van der Waals surface area contributed by atoms with Crippen LogP contribution in [0.1, 0.15) is 105 Å². The molecule has 0 bridgehead atoms. The van der Waals surface area contributed by atoms with Crippen molar-refractivity contribution in [1.29, 1.82) is 0 Å². The molecule has 2 aromatic rings. The van der Waals surface area contributed by atoms with E-state index in [9.17, 15) is 0 Å². The van der Waals surface area contributed by atoms with Crippen LogP contribution in [-0.2, 0) is 24.8 Å². The summed E-state index contributed by atoms with van der Waals surface area (Å²) in [7, 11) is 0. The molecule has 0 heterocycles. The Bertz CT molecular complexity index is 840. The van der Waals surface area contributed by atoms with E-state index in [1.807, 2.05) is 19.4 Å². The van der Waals surface area contributed by atoms with Gasteiger partial charge in [0, 0.05) is 0 Å². The topological polar surface area (TPSA) is 52.8 Å². The molecule has 4 heteroatoms. The van der Waals surface area contributed by atoms with Crippen molar-refractivity contribution in [1.82, 2.24) is 0 Å². The number of aliphatic imine (C=N–C) groups is 1. The average Bonchev–Trinajstić information content (AvgIpc) is 2.69. The van der Waals surface area contributed by atoms with Gasteiger partial charge in [0.2, 0.25) is 0 Å². The fourth-order valence-electron chi connectivity index (χ4n) is 2.83. The molecular formula is C30H47MoNO2. The molecule has 190 valence electrons. The Morgan fingerprint density at radius 3 is 1.41 bits per heavy atom. The summed E-state index contributed by atoms with van der Waals surface area (Å²) in [5.41, 5.74) is 3.90. The first kappa shape index (κ1) is 32.6. The summed E-state index contributed by atoms with van der Waals surface area (Å²) in [6.07, 6.45) is 2.11. The Labute approximate surface area is 220 Å². The normalized spacial score (nSPS) is 13.6. The molecule has 0 radical (unpaired) electrons. The zero-order valence-corrected chi connectivity index (χ0v) is 25.2. The van der Waals surface area contributed by atoms with Crippen LogP contribution < -0.4 is 0 Å². The Balaban J connectivity index is 0.000000916. The molecule has 0 aliphatic carbocycles. The van der Waals surface area contributed by atoms with Crippen molar-refractivity contribution >= 4 is 16.3 Å². The van der Waals surface area contributed by atoms with Gasteiger partial charge in [-0.1, -0.05) is 0 Å². The Hall–Kier alpha value is -1.41. The fraction of sp³-hybridized carbons (Fsp3) is 0.533. The third-order valence-corrected chi connectivity index (χ3v) is 5.65. The molecule has 2 N–H and O–H groups in total. The molecule has 0 fully saturated rings. The number of benzene rings is 2. The molecule has 0 aromatic heterocycles. The second kappa shape index (κ2) is 14.2. The van der Waals surface area contributed by atoms with Crippen LogP contribution in [-0.4, -0.2) is 32.0 Å². The zero-order chi connectivity index (χ0) is 26.7. The van der Waals surface area contributed by atoms with Gasteiger partial charge in [-0.25, -0.2) is 0 Å². The van der Waals surface area contributed by atoms with Crippen LogP contribution in [0.15, 0.2) is 53.5 Å². The number of para-hydroxylation sites is 1. The molecule has 2 rings (SSSR count). The second-order valence-corrected chi connectivity index (χ2v) is 12.0. The van der Waals surface area contributed by atoms with Crippen LogP contribution in [0.5, 0.6) is 0 Å². The van der Waals surface area contributed by atoms with E-state index in [1.54, 1.807) is 41.5 Å². The standard InChI is InChI=1S/C22H27N.2C4H10O.Mo/c1-16(2)19-13-10-14-20(17(3)4)21(19)23-15-22(5,6)18-11-8-7-9-12-18;2*1-4(2,3)5;/h5,7-17H,1-4,6H3;2*5H,1-3H3;. The first-order valence-corrected chi connectivity index (χ1v) is 13.2. The van der Waals surface area contributed by atoms with Crippen molar-refractivity contribution in [3.05, 3.63) is 65.2 Å². The molecule has 34 heavy (non-hydrogen) atoms. The van der Waals surface area contributed by atoms with E-state index in [1.165, 1.54) is 16.7 Å². The van der Waals surface area contributed by atoms with E-state index in [2.05, 4.69) is 93.8 Å². The van der Waals surface area contributed by atoms with Crippen molar-refractivity contribution in [2.75, 3.05) is 0 Å². The first-order valence-electron chi connectivity index (χ1n) is 12.0. The van der Waals surface area contributed by atoms with Gasteiger partial charge in [0.15, 0.2) is 0 Å². The average molecular weight is 550 g/mol. The molecule has 2 aromatic carbocycles. The van der Waals surface area contributed by atoms with E-state index < -0.39 is 11.2 Å². The summed E-state index contributed by atoms with van der Waals surface area (Å²) in [5, 5.41) is 17.0. The van der Waals surface area contributed by atoms with E-state index in [0.717, 1.165) is 5.69 Å². The van der Waals surface area contributed by atoms with Crippen LogP contribution in [0.3, 0.4) is 0 Å². The van der Waals surface area contributed by atoms with Gasteiger partial charge in [-0.3, -0.25) is 0 Å². The summed E-state index contributed by atoms with van der Waals surface area (Å²) in [6, 6.07) is 17.2. The molecule has 0 spiro atoms. The monoisotopic (exact) mass is 551 g/mol. The molecule has 1 atom stereocenters. The van der Waals surface area contributed by atoms with Crippen LogP contribution in [0.2, 0.25) is 0 Å². The summed E-state index contributed by atoms with van der Waals surface area (Å²) < 4.78 is 2.23. The second-order valence-electron chi connectivity index (χ2n) is 11.5. The minimum atomic E-state index is -0.500. The van der Waals surface area contributed by atoms with E-state index >= 15 is 0 Å². The minimum absolute atomic E-state index is 0.163. The maximum atomic E-state index is 8.52. The summed E-state index contributed by atoms with van der Waals surface area (Å²) >= 11 is 2.03. The van der Waals surface area contributed by atoms with Crippen molar-refractivity contribution in [2.45, 2.75) is 105 Å². The Kier molecular flexibility index (Phi) is 13.6. The quantitative estimate of drug-likeness (QED) is 0.290. The van der Waals surface area contributed by atoms with Gasteiger partial charge < -0.3 is 10.2 Å². The molecule has 1 unspecified atom stereocenters. The van der Waals surface area contributed by atoms with Gasteiger partial charge in [-0.15, -0.1) is 0 Å². The summed E-state index contributed by atoms with van der Waals surface area (Å²) in [6.45, 7) is 21.6. The van der Waals surface area contributed by atoms with Crippen LogP contribution in [0, 0.1) is 0 Å². The van der Waals surface area contributed by atoms with Gasteiger partial charge in [-0.05, 0) is 41.5 Å². The van der Waals surface area contributed by atoms with Gasteiger partial charge in [0.05, 0.1) is 11.2 Å². The molecule has 0 amide bonds. The molecule has 0 aliphatic rings. The molecular weight excluding hydrogens is 502 g/mol. The van der Waals surface area contributed by atoms with Crippen LogP contribution in [0.25, 0.3) is 0 Å². The van der Waals surface area contributed by atoms with Gasteiger partial charge in [0.25, 0.3) is 0 Å². The SMILES string of the molecule is CC(C)(C)O.CC(C)(C)O.CC(C)c1cccc(C(C)C)c1N=CC(C)([CH]=[Mo])c1ccccc1. The van der Waals surface area contributed by atoms with E-state index in [4.69, 9.17) is 15.2 Å². The van der Waals surface area contributed by atoms with Gasteiger partial charge in [-0.2, -0.15) is 0 Å². The molecule has 0 saturated carbocycles. The van der Waals surface area contributed by atoms with Crippen molar-refractivity contribution < 1.29 is 29.6 Å². The first-order chi connectivity index (χ1) is 15.4. The van der Waals surface area contributed by atoms with Crippen LogP contribution >= 0.6 is 0 Å². The molecule has 0 saturated heterocycles. The van der Waals surface area contributed by atoms with E-state index in [-0.39, 0.29) is 5.41 Å². The zero-order valence-electron chi connectivity index (χ0n) is 23.2. The number of rotatable bonds is 6. The van der Waals surface area contributed by atoms with Crippen molar-refractivity contribution in [2.24, 2.45) is 4.99 Å². The number of aliphatic hydroxyl groups is 2. The third-order valence-electron chi connectivity index (χ3n) is 4.44. The predicted octanol–water partition coefficient (Wildman–Crippen LogP) is 7.50. The van der Waals surface area contributed by atoms with Crippen LogP contribution in [0.4, 0.5) is 5.69 Å². The van der Waals surface area contributed by atoms with E-state index in [0.29, 0.717) is 11.8 Å². The van der Waals surface area contributed by atoms with Crippen molar-refractivity contribution in [3.8, 4) is 0 Å². The Morgan fingerprint density at radius 2 is 1.09 bits per heavy atom. The third kappa shape index (κ3) is 14.1. The fourth-order valence-corrected chi connectivity index (χ4v) is 3.31. The maximum absolute atomic E-state index is 8.52. The molecule has 3 nitrogen and oxygen atoms in total. The Morgan fingerprint density at radius 1 is 0.706 bits per heavy atom. The van der Waals surface area contributed by atoms with Gasteiger partial charge in [0.1, 0.15) is 0 Å². The summed E-state index contributed by atoms with van der Waals surface area (Å²) in [5.74, 6) is 0.926. The summed E-state index contributed by atoms with van der Waals surface area (Å²) in [4.78, 5) is 5.01. The number of hydrogen-bond acceptors (Lipinski definition) is 3. The van der Waals surface area contributed by atoms with Gasteiger partial charge >= 0.3 is 158 Å².